The van der Waals surface area contributed by atoms with Gasteiger partial charge in [0.25, 0.3) is 0 Å². The van der Waals surface area contributed by atoms with Gasteiger partial charge in [-0.3, -0.25) is 10.1 Å². The Hall–Kier alpha value is -2.23. The van der Waals surface area contributed by atoms with E-state index in [1.165, 1.54) is 29.0 Å². The molecule has 2 unspecified atom stereocenters. The predicted molar refractivity (Wildman–Crippen MR) is 106 cm³/mol. The van der Waals surface area contributed by atoms with Crippen LogP contribution in [0.1, 0.15) is 53.0 Å². The zero-order valence-corrected chi connectivity index (χ0v) is 16.5. The van der Waals surface area contributed by atoms with Crippen LogP contribution in [-0.4, -0.2) is 15.9 Å². The number of aromatic nitrogens is 2. The van der Waals surface area contributed by atoms with E-state index in [9.17, 15) is 4.39 Å². The number of hydrogen-bond acceptors (Lipinski definition) is 2. The minimum Gasteiger partial charge on any atom is -0.278 e. The van der Waals surface area contributed by atoms with Crippen LogP contribution < -0.4 is 0 Å². The normalized spacial score (nSPS) is 20.9. The van der Waals surface area contributed by atoms with Crippen LogP contribution in [0.4, 0.5) is 4.39 Å². The van der Waals surface area contributed by atoms with E-state index >= 15 is 0 Å². The number of rotatable bonds is 4. The number of nitrogens with one attached hydrogen (secondary N) is 1. The molecule has 2 atom stereocenters. The van der Waals surface area contributed by atoms with Gasteiger partial charge < -0.3 is 0 Å². The maximum atomic E-state index is 13.4. The van der Waals surface area contributed by atoms with Crippen LogP contribution in [0.5, 0.6) is 0 Å². The van der Waals surface area contributed by atoms with E-state index in [1.807, 2.05) is 18.3 Å². The van der Waals surface area contributed by atoms with Crippen LogP contribution in [0.25, 0.3) is 11.3 Å². The van der Waals surface area contributed by atoms with E-state index in [0.717, 1.165) is 17.0 Å². The van der Waals surface area contributed by atoms with E-state index < -0.39 is 0 Å². The van der Waals surface area contributed by atoms with Crippen LogP contribution in [0, 0.1) is 23.6 Å². The molecule has 0 spiro atoms. The largest absolute Gasteiger partial charge is 0.278 e. The number of hydrogen-bond donors (Lipinski definition) is 1. The number of allylic oxidation sites excluding steroid dienone is 2. The van der Waals surface area contributed by atoms with Gasteiger partial charge in [0.1, 0.15) is 5.82 Å². The van der Waals surface area contributed by atoms with E-state index in [1.54, 1.807) is 0 Å². The minimum atomic E-state index is -0.228. The highest BCUT2D eigenvalue weighted by molar-refractivity contribution is 5.88. The van der Waals surface area contributed by atoms with Gasteiger partial charge in [0, 0.05) is 34.4 Å². The summed E-state index contributed by atoms with van der Waals surface area (Å²) in [6.45, 7) is 13.2. The zero-order chi connectivity index (χ0) is 19.0. The first-order valence-corrected chi connectivity index (χ1v) is 9.36. The minimum absolute atomic E-state index is 0.228. The molecule has 1 aromatic heterocycles. The Morgan fingerprint density at radius 2 is 1.69 bits per heavy atom. The summed E-state index contributed by atoms with van der Waals surface area (Å²) < 4.78 is 13.4. The second-order valence-electron chi connectivity index (χ2n) is 7.90. The third-order valence-corrected chi connectivity index (χ3v) is 5.42. The number of aromatic amines is 1. The molecule has 1 aliphatic heterocycles. The predicted octanol–water partition coefficient (Wildman–Crippen LogP) is 5.98. The van der Waals surface area contributed by atoms with Crippen molar-refractivity contribution in [3.8, 4) is 11.3 Å². The lowest BCUT2D eigenvalue weighted by Crippen LogP contribution is -2.32. The first kappa shape index (κ1) is 18.6. The van der Waals surface area contributed by atoms with Gasteiger partial charge in [-0.2, -0.15) is 5.10 Å². The van der Waals surface area contributed by atoms with Gasteiger partial charge in [0.15, 0.2) is 0 Å². The maximum absolute atomic E-state index is 13.4. The van der Waals surface area contributed by atoms with Crippen molar-refractivity contribution in [2.45, 2.75) is 47.5 Å². The number of H-pyrrole nitrogens is 1. The van der Waals surface area contributed by atoms with Crippen LogP contribution in [-0.2, 0) is 0 Å². The molecule has 1 aliphatic rings. The summed E-state index contributed by atoms with van der Waals surface area (Å²) >= 11 is 0. The molecule has 0 amide bonds. The first-order chi connectivity index (χ1) is 12.3. The van der Waals surface area contributed by atoms with Crippen LogP contribution in [0.3, 0.4) is 0 Å². The molecule has 2 aromatic rings. The van der Waals surface area contributed by atoms with Gasteiger partial charge in [-0.05, 0) is 55.5 Å². The molecule has 138 valence electrons. The summed E-state index contributed by atoms with van der Waals surface area (Å²) in [6, 6.07) is 6.62. The van der Waals surface area contributed by atoms with E-state index in [2.05, 4.69) is 51.7 Å². The van der Waals surface area contributed by atoms with Crippen LogP contribution in [0.15, 0.2) is 46.7 Å². The summed E-state index contributed by atoms with van der Waals surface area (Å²) in [5.74, 6) is 1.18. The highest BCUT2D eigenvalue weighted by atomic mass is 19.1. The summed E-state index contributed by atoms with van der Waals surface area (Å²) in [6.07, 6.45) is 1.94. The monoisotopic (exact) mass is 353 g/mol. The molecule has 0 saturated carbocycles. The molecule has 3 rings (SSSR count). The molecule has 1 aromatic carbocycles. The van der Waals surface area contributed by atoms with Gasteiger partial charge in [-0.15, -0.1) is 0 Å². The maximum Gasteiger partial charge on any atom is 0.123 e. The molecule has 0 radical (unpaired) electrons. The molecule has 0 fully saturated rings. The quantitative estimate of drug-likeness (QED) is 0.722. The van der Waals surface area contributed by atoms with E-state index in [-0.39, 0.29) is 11.7 Å². The molecule has 1 N–H and O–H groups in total. The van der Waals surface area contributed by atoms with Crippen LogP contribution >= 0.6 is 0 Å². The lowest BCUT2D eigenvalue weighted by molar-refractivity contribution is 0.415. The highest BCUT2D eigenvalue weighted by Gasteiger charge is 2.38. The Bertz CT molecular complexity index is 841. The fourth-order valence-electron chi connectivity index (χ4n) is 4.45. The Labute approximate surface area is 155 Å². The highest BCUT2D eigenvalue weighted by Crippen LogP contribution is 2.46. The van der Waals surface area contributed by atoms with Crippen molar-refractivity contribution in [2.24, 2.45) is 22.7 Å². The fourth-order valence-corrected chi connectivity index (χ4v) is 4.45. The summed E-state index contributed by atoms with van der Waals surface area (Å²) in [5, 5.41) is 7.51. The zero-order valence-electron chi connectivity index (χ0n) is 16.5. The van der Waals surface area contributed by atoms with Gasteiger partial charge in [-0.25, -0.2) is 4.39 Å². The molecular weight excluding hydrogens is 325 g/mol. The van der Waals surface area contributed by atoms with Crippen LogP contribution in [0.2, 0.25) is 0 Å². The molecule has 2 heterocycles. The number of aliphatic imine (C=N–C) groups is 1. The smallest absolute Gasteiger partial charge is 0.123 e. The molecule has 0 bridgehead atoms. The first-order valence-electron chi connectivity index (χ1n) is 9.36. The average molecular weight is 353 g/mol. The van der Waals surface area contributed by atoms with Crippen molar-refractivity contribution in [3.05, 3.63) is 53.1 Å². The van der Waals surface area contributed by atoms with Gasteiger partial charge in [-0.1, -0.05) is 27.7 Å². The van der Waals surface area contributed by atoms with Crippen molar-refractivity contribution in [3.63, 3.8) is 0 Å². The third-order valence-electron chi connectivity index (χ3n) is 5.42. The Morgan fingerprint density at radius 3 is 2.27 bits per heavy atom. The van der Waals surface area contributed by atoms with Crippen molar-refractivity contribution in [1.82, 2.24) is 10.2 Å². The van der Waals surface area contributed by atoms with E-state index in [0.29, 0.717) is 17.8 Å². The summed E-state index contributed by atoms with van der Waals surface area (Å²) in [7, 11) is 0. The number of benzene rings is 1. The van der Waals surface area contributed by atoms with Crippen molar-refractivity contribution >= 4 is 5.71 Å². The lowest BCUT2D eigenvalue weighted by atomic mass is 9.68. The second kappa shape index (κ2) is 7.18. The molecule has 0 aliphatic carbocycles. The number of nitrogens with zero attached hydrogens (tertiary/aromatic N) is 2. The lowest BCUT2D eigenvalue weighted by Gasteiger charge is -2.38. The van der Waals surface area contributed by atoms with Gasteiger partial charge >= 0.3 is 0 Å². The second-order valence-corrected chi connectivity index (χ2v) is 7.90. The van der Waals surface area contributed by atoms with Crippen molar-refractivity contribution in [1.29, 1.82) is 0 Å². The van der Waals surface area contributed by atoms with E-state index in [4.69, 9.17) is 4.99 Å². The van der Waals surface area contributed by atoms with Gasteiger partial charge in [0.2, 0.25) is 0 Å². The standard InChI is InChI=1S/C22H28FN3/c1-12(2)19-14(5)25-15(6)20(13(3)4)21(19)18-11-24-26-22(18)16-7-9-17(23)10-8-16/h7-13,19,21H,1-6H3,(H,24,26). The van der Waals surface area contributed by atoms with Crippen molar-refractivity contribution in [2.75, 3.05) is 0 Å². The molecule has 3 nitrogen and oxygen atoms in total. The Kier molecular flexibility index (Phi) is 5.12. The van der Waals surface area contributed by atoms with Gasteiger partial charge in [0.05, 0.1) is 11.9 Å². The SMILES string of the molecule is CC1=NC(C)=C(C(C)C)C(c2cn[nH]c2-c2ccc(F)cc2)C1C(C)C. The summed E-state index contributed by atoms with van der Waals surface area (Å²) in [4.78, 5) is 4.88. The molecule has 4 heteroatoms. The summed E-state index contributed by atoms with van der Waals surface area (Å²) in [5.41, 5.74) is 6.78. The average Bonchev–Trinajstić information content (AvgIpc) is 3.03. The Balaban J connectivity index is 2.18. The number of halogens is 1. The Morgan fingerprint density at radius 1 is 1.04 bits per heavy atom. The molecular formula is C22H28FN3. The third kappa shape index (κ3) is 3.25. The molecule has 26 heavy (non-hydrogen) atoms. The molecule has 0 saturated heterocycles. The van der Waals surface area contributed by atoms with Crippen molar-refractivity contribution < 1.29 is 4.39 Å². The fraction of sp³-hybridized carbons (Fsp3) is 0.455. The topological polar surface area (TPSA) is 41.0 Å².